The van der Waals surface area contributed by atoms with Crippen molar-refractivity contribution in [1.29, 1.82) is 0 Å². The first kappa shape index (κ1) is 24.6. The summed E-state index contributed by atoms with van der Waals surface area (Å²) in [6.07, 6.45) is -7.53. The summed E-state index contributed by atoms with van der Waals surface area (Å²) in [6, 6.07) is 1.26. The number of aromatic nitrogens is 2. The van der Waals surface area contributed by atoms with E-state index in [0.717, 1.165) is 12.3 Å². The predicted octanol–water partition coefficient (Wildman–Crippen LogP) is 3.81. The minimum absolute atomic E-state index is 0.0156. The van der Waals surface area contributed by atoms with Gasteiger partial charge in [-0.05, 0) is 0 Å². The summed E-state index contributed by atoms with van der Waals surface area (Å²) >= 11 is 0. The fraction of sp³-hybridized carbons (Fsp3) is 0.286. The Morgan fingerprint density at radius 2 is 1.33 bits per heavy atom. The molecule has 30 heavy (non-hydrogen) atoms. The van der Waals surface area contributed by atoms with Crippen molar-refractivity contribution in [3.63, 3.8) is 0 Å². The highest BCUT2D eigenvalue weighted by Crippen LogP contribution is 2.22. The number of halogens is 8. The van der Waals surface area contributed by atoms with E-state index in [2.05, 4.69) is 19.4 Å². The first-order valence-electron chi connectivity index (χ1n) is 7.28. The van der Waals surface area contributed by atoms with Crippen molar-refractivity contribution in [1.82, 2.24) is 9.97 Å². The van der Waals surface area contributed by atoms with Crippen LogP contribution >= 0.6 is 0 Å². The number of alkyl halides is 6. The molecule has 2 N–H and O–H groups in total. The lowest BCUT2D eigenvalue weighted by Gasteiger charge is -2.08. The van der Waals surface area contributed by atoms with Crippen LogP contribution in [0.25, 0.3) is 0 Å². The molecule has 0 bridgehead atoms. The molecule has 0 atom stereocenters. The van der Waals surface area contributed by atoms with Gasteiger partial charge in [-0.25, -0.2) is 18.7 Å². The van der Waals surface area contributed by atoms with Crippen LogP contribution in [0, 0.1) is 21.7 Å². The van der Waals surface area contributed by atoms with Crippen LogP contribution in [0.5, 0.6) is 11.8 Å². The molecule has 2 rings (SSSR count). The van der Waals surface area contributed by atoms with E-state index >= 15 is 0 Å². The second-order valence-corrected chi connectivity index (χ2v) is 5.10. The molecule has 16 heteroatoms. The largest absolute Gasteiger partial charge is 0.466 e. The summed E-state index contributed by atoms with van der Waals surface area (Å²) in [5.74, 6) is -3.98. The van der Waals surface area contributed by atoms with E-state index in [1.165, 1.54) is 0 Å². The van der Waals surface area contributed by atoms with E-state index in [0.29, 0.717) is 12.3 Å². The number of nitrogen functional groups attached to an aromatic ring is 1. The Labute approximate surface area is 161 Å². The van der Waals surface area contributed by atoms with E-state index in [9.17, 15) is 45.2 Å². The zero-order valence-corrected chi connectivity index (χ0v) is 14.3. The third-order valence-electron chi connectivity index (χ3n) is 2.58. The molecule has 0 amide bonds. The average molecular weight is 450 g/mol. The van der Waals surface area contributed by atoms with Crippen LogP contribution in [0.4, 0.5) is 46.5 Å². The molecule has 0 aliphatic carbocycles. The smallest absolute Gasteiger partial charge is 0.422 e. The van der Waals surface area contributed by atoms with Crippen molar-refractivity contribution in [2.75, 3.05) is 18.9 Å². The standard InChI is InChI=1S/C7H4F4N2O3.C7H6F4N2O/c8-5-1-4(13(14)15)2-12-6(5)16-3-7(9,10)11;8-5-1-4(12)2-13-6(5)14-3-7(9,10)11/h1-2H,3H2;1-2H,3,12H2. The van der Waals surface area contributed by atoms with Gasteiger partial charge in [-0.2, -0.15) is 26.3 Å². The van der Waals surface area contributed by atoms with E-state index in [4.69, 9.17) is 5.73 Å². The minimum atomic E-state index is -4.63. The Balaban J connectivity index is 0.000000303. The highest BCUT2D eigenvalue weighted by atomic mass is 19.4. The van der Waals surface area contributed by atoms with Crippen molar-refractivity contribution >= 4 is 11.4 Å². The van der Waals surface area contributed by atoms with Gasteiger partial charge in [0.1, 0.15) is 6.20 Å². The average Bonchev–Trinajstić information content (AvgIpc) is 2.58. The van der Waals surface area contributed by atoms with Gasteiger partial charge in [0.2, 0.25) is 0 Å². The number of nitrogens with two attached hydrogens (primary N) is 1. The van der Waals surface area contributed by atoms with Crippen LogP contribution in [0.2, 0.25) is 0 Å². The van der Waals surface area contributed by atoms with E-state index < -0.39 is 59.6 Å². The van der Waals surface area contributed by atoms with Crippen molar-refractivity contribution in [3.8, 4) is 11.8 Å². The summed E-state index contributed by atoms with van der Waals surface area (Å²) in [7, 11) is 0. The quantitative estimate of drug-likeness (QED) is 0.419. The van der Waals surface area contributed by atoms with Crippen LogP contribution in [0.15, 0.2) is 24.5 Å². The number of nitrogens with zero attached hydrogens (tertiary/aromatic N) is 3. The summed E-state index contributed by atoms with van der Waals surface area (Å²) in [4.78, 5) is 15.6. The van der Waals surface area contributed by atoms with Gasteiger partial charge < -0.3 is 15.2 Å². The number of nitro groups is 1. The fourth-order valence-corrected chi connectivity index (χ4v) is 1.47. The molecule has 0 spiro atoms. The zero-order valence-electron chi connectivity index (χ0n) is 14.3. The summed E-state index contributed by atoms with van der Waals surface area (Å²) in [5.41, 5.74) is 4.48. The fourth-order valence-electron chi connectivity index (χ4n) is 1.47. The van der Waals surface area contributed by atoms with Crippen LogP contribution in [0.1, 0.15) is 0 Å². The number of anilines is 1. The number of hydrogen-bond acceptors (Lipinski definition) is 7. The van der Waals surface area contributed by atoms with Gasteiger partial charge in [0.05, 0.1) is 22.9 Å². The summed E-state index contributed by atoms with van der Waals surface area (Å²) in [5, 5.41) is 10.2. The Morgan fingerprint density at radius 3 is 1.70 bits per heavy atom. The highest BCUT2D eigenvalue weighted by molar-refractivity contribution is 5.37. The monoisotopic (exact) mass is 450 g/mol. The van der Waals surface area contributed by atoms with Gasteiger partial charge in [0.15, 0.2) is 24.8 Å². The van der Waals surface area contributed by atoms with Crippen LogP contribution in [-0.2, 0) is 0 Å². The van der Waals surface area contributed by atoms with Gasteiger partial charge in [0, 0.05) is 6.07 Å². The molecule has 0 saturated heterocycles. The lowest BCUT2D eigenvalue weighted by molar-refractivity contribution is -0.385. The maximum Gasteiger partial charge on any atom is 0.422 e. The van der Waals surface area contributed by atoms with Gasteiger partial charge >= 0.3 is 12.4 Å². The highest BCUT2D eigenvalue weighted by Gasteiger charge is 2.30. The third-order valence-corrected chi connectivity index (χ3v) is 2.58. The van der Waals surface area contributed by atoms with Crippen molar-refractivity contribution in [2.24, 2.45) is 0 Å². The first-order valence-corrected chi connectivity index (χ1v) is 7.28. The Hall–Kier alpha value is -3.46. The molecule has 0 unspecified atom stereocenters. The Kier molecular flexibility index (Phi) is 8.06. The molecule has 0 aliphatic rings. The van der Waals surface area contributed by atoms with Crippen LogP contribution < -0.4 is 15.2 Å². The molecule has 2 aromatic heterocycles. The zero-order chi connectivity index (χ0) is 23.1. The summed E-state index contributed by atoms with van der Waals surface area (Å²) in [6.45, 7) is -3.30. The number of ether oxygens (including phenoxy) is 2. The molecule has 0 fully saturated rings. The lowest BCUT2D eigenvalue weighted by Crippen LogP contribution is -2.20. The number of hydrogen-bond donors (Lipinski definition) is 1. The molecule has 0 aliphatic heterocycles. The van der Waals surface area contributed by atoms with Crippen molar-refractivity contribution < 1.29 is 49.5 Å². The maximum atomic E-state index is 12.9. The Morgan fingerprint density at radius 1 is 0.900 bits per heavy atom. The van der Waals surface area contributed by atoms with E-state index in [1.54, 1.807) is 0 Å². The molecule has 8 nitrogen and oxygen atoms in total. The molecular weight excluding hydrogens is 440 g/mol. The lowest BCUT2D eigenvalue weighted by atomic mass is 10.4. The first-order chi connectivity index (χ1) is 13.7. The Bertz CT molecular complexity index is 876. The normalized spacial score (nSPS) is 11.3. The molecule has 2 heterocycles. The molecule has 2 aromatic rings. The van der Waals surface area contributed by atoms with Crippen molar-refractivity contribution in [2.45, 2.75) is 12.4 Å². The second kappa shape index (κ2) is 9.84. The van der Waals surface area contributed by atoms with Gasteiger partial charge in [0.25, 0.3) is 17.4 Å². The number of rotatable bonds is 5. The molecule has 0 saturated carbocycles. The maximum absolute atomic E-state index is 12.9. The van der Waals surface area contributed by atoms with Gasteiger partial charge in [-0.15, -0.1) is 0 Å². The molecule has 0 radical (unpaired) electrons. The topological polar surface area (TPSA) is 113 Å². The molecule has 0 aromatic carbocycles. The third kappa shape index (κ3) is 9.16. The minimum Gasteiger partial charge on any atom is -0.466 e. The van der Waals surface area contributed by atoms with Crippen molar-refractivity contribution in [3.05, 3.63) is 46.3 Å². The van der Waals surface area contributed by atoms with E-state index in [1.807, 2.05) is 0 Å². The van der Waals surface area contributed by atoms with Gasteiger partial charge in [-0.1, -0.05) is 0 Å². The molecular formula is C14H10F8N4O4. The van der Waals surface area contributed by atoms with Crippen LogP contribution in [0.3, 0.4) is 0 Å². The second-order valence-electron chi connectivity index (χ2n) is 5.10. The van der Waals surface area contributed by atoms with Crippen LogP contribution in [-0.4, -0.2) is 40.5 Å². The molecule has 166 valence electrons. The van der Waals surface area contributed by atoms with E-state index in [-0.39, 0.29) is 5.69 Å². The van der Waals surface area contributed by atoms with Gasteiger partial charge in [-0.3, -0.25) is 10.1 Å². The number of pyridine rings is 2. The predicted molar refractivity (Wildman–Crippen MR) is 82.6 cm³/mol. The summed E-state index contributed by atoms with van der Waals surface area (Å²) < 4.78 is 104. The SMILES string of the molecule is Nc1cnc(OCC(F)(F)F)c(F)c1.O=[N+]([O-])c1cnc(OCC(F)(F)F)c(F)c1.